The van der Waals surface area contributed by atoms with Gasteiger partial charge in [-0.2, -0.15) is 0 Å². The Bertz CT molecular complexity index is 665. The van der Waals surface area contributed by atoms with Crippen LogP contribution in [0.25, 0.3) is 0 Å². The van der Waals surface area contributed by atoms with Gasteiger partial charge in [-0.15, -0.1) is 0 Å². The Labute approximate surface area is 125 Å². The Morgan fingerprint density at radius 2 is 1.86 bits per heavy atom. The van der Waals surface area contributed by atoms with Crippen molar-refractivity contribution in [1.82, 2.24) is 10.3 Å². The summed E-state index contributed by atoms with van der Waals surface area (Å²) in [6.45, 7) is 0.178. The van der Waals surface area contributed by atoms with E-state index < -0.39 is 17.6 Å². The van der Waals surface area contributed by atoms with Crippen LogP contribution in [0.3, 0.4) is 0 Å². The van der Waals surface area contributed by atoms with Crippen LogP contribution in [-0.2, 0) is 16.1 Å². The number of halogens is 2. The highest BCUT2D eigenvalue weighted by molar-refractivity contribution is 6.39. The lowest BCUT2D eigenvalue weighted by molar-refractivity contribution is -0.136. The fourth-order valence-corrected chi connectivity index (χ4v) is 1.69. The summed E-state index contributed by atoms with van der Waals surface area (Å²) in [6.07, 6.45) is 3.15. The first-order valence-electron chi connectivity index (χ1n) is 5.99. The average molecular weight is 308 g/mol. The Kier molecular flexibility index (Phi) is 4.84. The molecule has 5 nitrogen and oxygen atoms in total. The Balaban J connectivity index is 1.92. The molecule has 0 aliphatic heterocycles. The zero-order chi connectivity index (χ0) is 15.2. The van der Waals surface area contributed by atoms with Crippen LogP contribution in [0.5, 0.6) is 0 Å². The third-order valence-corrected chi connectivity index (χ3v) is 2.82. The number of benzene rings is 1. The minimum Gasteiger partial charge on any atom is -0.344 e. The van der Waals surface area contributed by atoms with Crippen molar-refractivity contribution < 1.29 is 14.0 Å². The molecule has 0 saturated carbocycles. The van der Waals surface area contributed by atoms with Crippen LogP contribution in [0.15, 0.2) is 42.7 Å². The predicted octanol–water partition coefficient (Wildman–Crippen LogP) is 2.13. The molecular weight excluding hydrogens is 297 g/mol. The molecule has 1 aromatic heterocycles. The smallest absolute Gasteiger partial charge is 0.313 e. The van der Waals surface area contributed by atoms with Crippen molar-refractivity contribution in [3.05, 3.63) is 59.1 Å². The van der Waals surface area contributed by atoms with Crippen LogP contribution < -0.4 is 10.6 Å². The van der Waals surface area contributed by atoms with Crippen molar-refractivity contribution in [2.24, 2.45) is 0 Å². The van der Waals surface area contributed by atoms with Gasteiger partial charge in [0.2, 0.25) is 0 Å². The summed E-state index contributed by atoms with van der Waals surface area (Å²) >= 11 is 5.60. The van der Waals surface area contributed by atoms with Gasteiger partial charge in [0.05, 0.1) is 5.69 Å². The van der Waals surface area contributed by atoms with E-state index in [0.29, 0.717) is 0 Å². The number of anilines is 1. The van der Waals surface area contributed by atoms with Crippen molar-refractivity contribution in [3.63, 3.8) is 0 Å². The molecule has 0 saturated heterocycles. The molecule has 0 aliphatic rings. The predicted molar refractivity (Wildman–Crippen MR) is 76.1 cm³/mol. The summed E-state index contributed by atoms with van der Waals surface area (Å²) in [6, 6.07) is 7.15. The minimum atomic E-state index is -0.953. The van der Waals surface area contributed by atoms with Gasteiger partial charge in [-0.3, -0.25) is 14.6 Å². The van der Waals surface area contributed by atoms with Gasteiger partial charge in [0, 0.05) is 24.0 Å². The average Bonchev–Trinajstić information content (AvgIpc) is 2.48. The first-order valence-corrected chi connectivity index (χ1v) is 6.37. The lowest BCUT2D eigenvalue weighted by atomic mass is 10.2. The molecule has 108 valence electrons. The van der Waals surface area contributed by atoms with Crippen LogP contribution in [0.1, 0.15) is 5.56 Å². The van der Waals surface area contributed by atoms with Gasteiger partial charge >= 0.3 is 11.8 Å². The number of carbonyl (C=O) groups is 2. The lowest BCUT2D eigenvalue weighted by Gasteiger charge is -2.07. The third-order valence-electron chi connectivity index (χ3n) is 2.59. The number of nitrogens with one attached hydrogen (secondary N) is 2. The highest BCUT2D eigenvalue weighted by Crippen LogP contribution is 2.18. The fourth-order valence-electron chi connectivity index (χ4n) is 1.53. The Hall–Kier alpha value is -2.47. The van der Waals surface area contributed by atoms with E-state index in [0.717, 1.165) is 11.6 Å². The number of hydrogen-bond donors (Lipinski definition) is 2. The van der Waals surface area contributed by atoms with E-state index in [2.05, 4.69) is 15.6 Å². The largest absolute Gasteiger partial charge is 0.344 e. The summed E-state index contributed by atoms with van der Waals surface area (Å²) < 4.78 is 13.5. The second-order valence-electron chi connectivity index (χ2n) is 4.12. The number of nitrogens with zero attached hydrogens (tertiary/aromatic N) is 1. The monoisotopic (exact) mass is 307 g/mol. The van der Waals surface area contributed by atoms with Gasteiger partial charge in [-0.1, -0.05) is 11.6 Å². The number of aromatic nitrogens is 1. The summed E-state index contributed by atoms with van der Waals surface area (Å²) in [7, 11) is 0. The molecule has 2 aromatic rings. The zero-order valence-corrected chi connectivity index (χ0v) is 11.5. The molecule has 7 heteroatoms. The number of carbonyl (C=O) groups excluding carboxylic acids is 2. The molecule has 0 aliphatic carbocycles. The molecule has 0 fully saturated rings. The van der Waals surface area contributed by atoms with E-state index in [1.165, 1.54) is 12.1 Å². The summed E-state index contributed by atoms with van der Waals surface area (Å²) in [4.78, 5) is 27.1. The van der Waals surface area contributed by atoms with Crippen LogP contribution in [0.4, 0.5) is 10.1 Å². The molecule has 2 N–H and O–H groups in total. The van der Waals surface area contributed by atoms with Gasteiger partial charge in [-0.05, 0) is 35.9 Å². The fraction of sp³-hybridized carbons (Fsp3) is 0.0714. The van der Waals surface area contributed by atoms with Crippen molar-refractivity contribution in [1.29, 1.82) is 0 Å². The molecule has 1 aromatic carbocycles. The summed E-state index contributed by atoms with van der Waals surface area (Å²) in [5, 5.41) is 4.80. The molecule has 1 heterocycles. The van der Waals surface area contributed by atoms with Gasteiger partial charge in [-0.25, -0.2) is 4.39 Å². The lowest BCUT2D eigenvalue weighted by Crippen LogP contribution is -2.35. The number of pyridine rings is 1. The van der Waals surface area contributed by atoms with E-state index in [1.54, 1.807) is 24.5 Å². The van der Waals surface area contributed by atoms with Crippen molar-refractivity contribution in [2.45, 2.75) is 6.54 Å². The van der Waals surface area contributed by atoms with E-state index in [-0.39, 0.29) is 17.3 Å². The maximum Gasteiger partial charge on any atom is 0.313 e. The molecule has 0 unspecified atom stereocenters. The second-order valence-corrected chi connectivity index (χ2v) is 4.55. The third kappa shape index (κ3) is 4.25. The molecule has 2 rings (SSSR count). The molecule has 2 amide bonds. The van der Waals surface area contributed by atoms with Gasteiger partial charge < -0.3 is 10.6 Å². The molecule has 0 bridgehead atoms. The van der Waals surface area contributed by atoms with Crippen molar-refractivity contribution >= 4 is 29.1 Å². The van der Waals surface area contributed by atoms with Gasteiger partial charge in [0.15, 0.2) is 0 Å². The normalized spacial score (nSPS) is 10.0. The summed E-state index contributed by atoms with van der Waals surface area (Å²) in [5.74, 6) is -2.52. The Morgan fingerprint density at radius 1 is 1.14 bits per heavy atom. The van der Waals surface area contributed by atoms with Crippen molar-refractivity contribution in [2.75, 3.05) is 5.32 Å². The van der Waals surface area contributed by atoms with Crippen LogP contribution in [0.2, 0.25) is 5.02 Å². The SMILES string of the molecule is O=C(NCc1ccncc1)C(=O)Nc1ccc(Cl)cc1F. The molecular formula is C14H11ClFN3O2. The molecule has 0 radical (unpaired) electrons. The Morgan fingerprint density at radius 3 is 2.52 bits per heavy atom. The van der Waals surface area contributed by atoms with Crippen LogP contribution >= 0.6 is 11.6 Å². The van der Waals surface area contributed by atoms with E-state index in [1.807, 2.05) is 0 Å². The first-order chi connectivity index (χ1) is 10.1. The number of hydrogen-bond acceptors (Lipinski definition) is 3. The van der Waals surface area contributed by atoms with Crippen LogP contribution in [0, 0.1) is 5.82 Å². The second kappa shape index (κ2) is 6.81. The van der Waals surface area contributed by atoms with Gasteiger partial charge in [0.25, 0.3) is 0 Å². The molecule has 21 heavy (non-hydrogen) atoms. The molecule has 0 spiro atoms. The maximum atomic E-state index is 13.5. The summed E-state index contributed by atoms with van der Waals surface area (Å²) in [5.41, 5.74) is 0.687. The number of amides is 2. The van der Waals surface area contributed by atoms with Crippen LogP contribution in [-0.4, -0.2) is 16.8 Å². The number of rotatable bonds is 3. The highest BCUT2D eigenvalue weighted by atomic mass is 35.5. The van der Waals surface area contributed by atoms with Gasteiger partial charge in [0.1, 0.15) is 5.82 Å². The highest BCUT2D eigenvalue weighted by Gasteiger charge is 2.15. The standard InChI is InChI=1S/C14H11ClFN3O2/c15-10-1-2-12(11(16)7-10)19-14(21)13(20)18-8-9-3-5-17-6-4-9/h1-7H,8H2,(H,18,20)(H,19,21). The zero-order valence-electron chi connectivity index (χ0n) is 10.8. The van der Waals surface area contributed by atoms with E-state index in [4.69, 9.17) is 11.6 Å². The quantitative estimate of drug-likeness (QED) is 0.853. The topological polar surface area (TPSA) is 71.1 Å². The first kappa shape index (κ1) is 14.9. The van der Waals surface area contributed by atoms with E-state index >= 15 is 0 Å². The van der Waals surface area contributed by atoms with E-state index in [9.17, 15) is 14.0 Å². The minimum absolute atomic E-state index is 0.108. The van der Waals surface area contributed by atoms with Crippen molar-refractivity contribution in [3.8, 4) is 0 Å². The molecule has 0 atom stereocenters. The maximum absolute atomic E-state index is 13.5.